The molecule has 0 radical (unpaired) electrons. The molecular formula is C18H18N4O2. The molecule has 0 fully saturated rings. The van der Waals surface area contributed by atoms with E-state index in [-0.39, 0.29) is 5.56 Å². The Morgan fingerprint density at radius 2 is 2.17 bits per heavy atom. The van der Waals surface area contributed by atoms with Crippen molar-refractivity contribution in [1.82, 2.24) is 15.0 Å². The highest BCUT2D eigenvalue weighted by atomic mass is 16.4. The van der Waals surface area contributed by atoms with Crippen molar-refractivity contribution in [3.8, 4) is 0 Å². The number of aromatic amines is 1. The topological polar surface area (TPSA) is 82.1 Å². The second-order valence-electron chi connectivity index (χ2n) is 6.28. The Morgan fingerprint density at radius 3 is 2.92 bits per heavy atom. The largest absolute Gasteiger partial charge is 0.478 e. The Kier molecular flexibility index (Phi) is 3.26. The zero-order valence-corrected chi connectivity index (χ0v) is 13.6. The maximum Gasteiger partial charge on any atom is 0.339 e. The molecule has 1 aromatic carbocycles. The van der Waals surface area contributed by atoms with E-state index >= 15 is 0 Å². The molecule has 24 heavy (non-hydrogen) atoms. The molecule has 4 rings (SSSR count). The van der Waals surface area contributed by atoms with Gasteiger partial charge in [0.15, 0.2) is 0 Å². The number of hydrogen-bond acceptors (Lipinski definition) is 4. The number of carbonyl (C=O) groups is 1. The van der Waals surface area contributed by atoms with Gasteiger partial charge in [0.05, 0.1) is 11.3 Å². The van der Waals surface area contributed by atoms with Crippen molar-refractivity contribution >= 4 is 22.8 Å². The molecule has 0 atom stereocenters. The number of aromatic nitrogens is 3. The minimum absolute atomic E-state index is 0.152. The van der Waals surface area contributed by atoms with Gasteiger partial charge in [-0.3, -0.25) is 0 Å². The SMILES string of the molecule is Cc1ccc2[nH]c3c(c2c1)CN(c1ncc(C(=O)O)c(C)n1)CC3. The Bertz CT molecular complexity index is 961. The molecule has 2 N–H and O–H groups in total. The van der Waals surface area contributed by atoms with E-state index in [1.54, 1.807) is 6.92 Å². The van der Waals surface area contributed by atoms with E-state index in [1.165, 1.54) is 28.4 Å². The highest BCUT2D eigenvalue weighted by Crippen LogP contribution is 2.29. The molecule has 6 nitrogen and oxygen atoms in total. The number of fused-ring (bicyclic) bond motifs is 3. The van der Waals surface area contributed by atoms with Crippen molar-refractivity contribution in [2.24, 2.45) is 0 Å². The molecule has 0 unspecified atom stereocenters. The average molecular weight is 322 g/mol. The van der Waals surface area contributed by atoms with Gasteiger partial charge in [0.1, 0.15) is 0 Å². The summed E-state index contributed by atoms with van der Waals surface area (Å²) in [5.41, 5.74) is 5.59. The molecule has 6 heteroatoms. The summed E-state index contributed by atoms with van der Waals surface area (Å²) in [6.07, 6.45) is 2.29. The quantitative estimate of drug-likeness (QED) is 0.758. The number of carboxylic acids is 1. The minimum Gasteiger partial charge on any atom is -0.478 e. The van der Waals surface area contributed by atoms with Gasteiger partial charge in [-0.1, -0.05) is 11.6 Å². The number of aryl methyl sites for hydroxylation is 2. The van der Waals surface area contributed by atoms with E-state index in [1.807, 2.05) is 0 Å². The van der Waals surface area contributed by atoms with Crippen molar-refractivity contribution in [2.45, 2.75) is 26.8 Å². The smallest absolute Gasteiger partial charge is 0.339 e. The van der Waals surface area contributed by atoms with Gasteiger partial charge in [-0.25, -0.2) is 14.8 Å². The van der Waals surface area contributed by atoms with Crippen LogP contribution < -0.4 is 4.90 Å². The van der Waals surface area contributed by atoms with Crippen LogP contribution in [-0.4, -0.2) is 32.6 Å². The second kappa shape index (κ2) is 5.33. The molecule has 0 bridgehead atoms. The summed E-state index contributed by atoms with van der Waals surface area (Å²) in [6.45, 7) is 5.34. The minimum atomic E-state index is -0.993. The number of aromatic carboxylic acids is 1. The molecule has 0 amide bonds. The standard InChI is InChI=1S/C18H18N4O2/c1-10-3-4-15-12(7-10)14-9-22(6-5-16(14)21-15)18-19-8-13(17(23)24)11(2)20-18/h3-4,7-8,21H,5-6,9H2,1-2H3,(H,23,24). The fraction of sp³-hybridized carbons (Fsp3) is 0.278. The van der Waals surface area contributed by atoms with Gasteiger partial charge in [-0.05, 0) is 26.0 Å². The van der Waals surface area contributed by atoms with Crippen LogP contribution in [0.5, 0.6) is 0 Å². The van der Waals surface area contributed by atoms with Crippen LogP contribution in [-0.2, 0) is 13.0 Å². The van der Waals surface area contributed by atoms with E-state index in [4.69, 9.17) is 5.11 Å². The van der Waals surface area contributed by atoms with Crippen LogP contribution in [0, 0.1) is 13.8 Å². The van der Waals surface area contributed by atoms with Gasteiger partial charge in [0.2, 0.25) is 5.95 Å². The van der Waals surface area contributed by atoms with Gasteiger partial charge in [0.25, 0.3) is 0 Å². The number of carboxylic acid groups (broad SMARTS) is 1. The number of benzene rings is 1. The van der Waals surface area contributed by atoms with Gasteiger partial charge < -0.3 is 15.0 Å². The lowest BCUT2D eigenvalue weighted by molar-refractivity contribution is 0.0695. The molecule has 2 aromatic heterocycles. The fourth-order valence-electron chi connectivity index (χ4n) is 3.32. The third-order valence-electron chi connectivity index (χ3n) is 4.61. The molecule has 0 saturated carbocycles. The third-order valence-corrected chi connectivity index (χ3v) is 4.61. The Hall–Kier alpha value is -2.89. The Balaban J connectivity index is 1.71. The molecule has 3 aromatic rings. The zero-order valence-electron chi connectivity index (χ0n) is 13.6. The van der Waals surface area contributed by atoms with E-state index in [2.05, 4.69) is 45.0 Å². The first-order valence-electron chi connectivity index (χ1n) is 7.95. The molecular weight excluding hydrogens is 304 g/mol. The average Bonchev–Trinajstić information content (AvgIpc) is 2.91. The lowest BCUT2D eigenvalue weighted by Crippen LogP contribution is -2.31. The van der Waals surface area contributed by atoms with Crippen molar-refractivity contribution in [1.29, 1.82) is 0 Å². The first-order chi connectivity index (χ1) is 11.5. The zero-order chi connectivity index (χ0) is 16.8. The molecule has 3 heterocycles. The summed E-state index contributed by atoms with van der Waals surface area (Å²) >= 11 is 0. The highest BCUT2D eigenvalue weighted by Gasteiger charge is 2.23. The predicted octanol–water partition coefficient (Wildman–Crippen LogP) is 2.84. The second-order valence-corrected chi connectivity index (χ2v) is 6.28. The van der Waals surface area contributed by atoms with Crippen LogP contribution in [0.1, 0.15) is 32.9 Å². The molecule has 0 aliphatic carbocycles. The summed E-state index contributed by atoms with van der Waals surface area (Å²) < 4.78 is 0. The van der Waals surface area contributed by atoms with E-state index < -0.39 is 5.97 Å². The molecule has 1 aliphatic heterocycles. The van der Waals surface area contributed by atoms with Gasteiger partial charge in [-0.15, -0.1) is 0 Å². The molecule has 0 spiro atoms. The maximum atomic E-state index is 11.1. The summed E-state index contributed by atoms with van der Waals surface area (Å²) in [6, 6.07) is 6.43. The Morgan fingerprint density at radius 1 is 1.33 bits per heavy atom. The number of nitrogens with zero attached hydrogens (tertiary/aromatic N) is 3. The number of nitrogens with one attached hydrogen (secondary N) is 1. The number of anilines is 1. The molecule has 1 aliphatic rings. The first-order valence-corrected chi connectivity index (χ1v) is 7.95. The van der Waals surface area contributed by atoms with E-state index in [9.17, 15) is 4.79 Å². The van der Waals surface area contributed by atoms with Crippen molar-refractivity contribution < 1.29 is 9.90 Å². The van der Waals surface area contributed by atoms with Crippen LogP contribution in [0.2, 0.25) is 0 Å². The summed E-state index contributed by atoms with van der Waals surface area (Å²) in [4.78, 5) is 25.4. The Labute approximate surface area is 139 Å². The first kappa shape index (κ1) is 14.7. The van der Waals surface area contributed by atoms with Crippen LogP contribution in [0.15, 0.2) is 24.4 Å². The maximum absolute atomic E-state index is 11.1. The van der Waals surface area contributed by atoms with Crippen LogP contribution in [0.25, 0.3) is 10.9 Å². The van der Waals surface area contributed by atoms with Gasteiger partial charge in [-0.2, -0.15) is 0 Å². The lowest BCUT2D eigenvalue weighted by Gasteiger charge is -2.27. The molecule has 0 saturated heterocycles. The van der Waals surface area contributed by atoms with Crippen molar-refractivity contribution in [3.63, 3.8) is 0 Å². The number of hydrogen-bond donors (Lipinski definition) is 2. The van der Waals surface area contributed by atoms with Crippen LogP contribution >= 0.6 is 0 Å². The van der Waals surface area contributed by atoms with Crippen LogP contribution in [0.3, 0.4) is 0 Å². The molecule has 122 valence electrons. The number of H-pyrrole nitrogens is 1. The van der Waals surface area contributed by atoms with Crippen molar-refractivity contribution in [2.75, 3.05) is 11.4 Å². The summed E-state index contributed by atoms with van der Waals surface area (Å²) in [7, 11) is 0. The van der Waals surface area contributed by atoms with E-state index in [0.29, 0.717) is 11.6 Å². The summed E-state index contributed by atoms with van der Waals surface area (Å²) in [5.74, 6) is -0.405. The summed E-state index contributed by atoms with van der Waals surface area (Å²) in [5, 5.41) is 10.4. The normalized spacial score (nSPS) is 14.0. The number of rotatable bonds is 2. The third kappa shape index (κ3) is 2.31. The fourth-order valence-corrected chi connectivity index (χ4v) is 3.32. The van der Waals surface area contributed by atoms with Crippen LogP contribution in [0.4, 0.5) is 5.95 Å². The predicted molar refractivity (Wildman–Crippen MR) is 91.5 cm³/mol. The van der Waals surface area contributed by atoms with Gasteiger partial charge >= 0.3 is 5.97 Å². The highest BCUT2D eigenvalue weighted by molar-refractivity contribution is 5.88. The monoisotopic (exact) mass is 322 g/mol. The lowest BCUT2D eigenvalue weighted by atomic mass is 10.0. The van der Waals surface area contributed by atoms with Gasteiger partial charge in [0, 0.05) is 47.9 Å². The van der Waals surface area contributed by atoms with Crippen molar-refractivity contribution in [3.05, 3.63) is 52.5 Å². The van der Waals surface area contributed by atoms with E-state index in [0.717, 1.165) is 25.0 Å².